The van der Waals surface area contributed by atoms with Crippen LogP contribution >= 0.6 is 0 Å². The third kappa shape index (κ3) is 3.86. The third-order valence-corrected chi connectivity index (χ3v) is 4.95. The van der Waals surface area contributed by atoms with E-state index >= 15 is 0 Å². The van der Waals surface area contributed by atoms with Crippen molar-refractivity contribution in [3.05, 3.63) is 77.4 Å². The van der Waals surface area contributed by atoms with Crippen LogP contribution in [-0.2, 0) is 11.3 Å². The average molecular weight is 377 g/mol. The van der Waals surface area contributed by atoms with Crippen LogP contribution in [0.1, 0.15) is 29.2 Å². The summed E-state index contributed by atoms with van der Waals surface area (Å²) >= 11 is 0. The zero-order valence-corrected chi connectivity index (χ0v) is 15.4. The second-order valence-electron chi connectivity index (χ2n) is 7.13. The van der Waals surface area contributed by atoms with Crippen LogP contribution in [-0.4, -0.2) is 21.0 Å². The van der Waals surface area contributed by atoms with Crippen molar-refractivity contribution in [2.75, 3.05) is 5.32 Å². The minimum absolute atomic E-state index is 0.228. The molecule has 4 rings (SSSR count). The Morgan fingerprint density at radius 2 is 2.11 bits per heavy atom. The fraction of sp³-hybridized carbons (Fsp3) is 0.227. The Bertz CT molecular complexity index is 1020. The highest BCUT2D eigenvalue weighted by atomic mass is 19.1. The maximum atomic E-state index is 14.1. The second kappa shape index (κ2) is 7.38. The van der Waals surface area contributed by atoms with Gasteiger partial charge >= 0.3 is 5.97 Å². The normalized spacial score (nSPS) is 17.9. The first kappa shape index (κ1) is 18.1. The average Bonchev–Trinajstić information content (AvgIpc) is 3.48. The van der Waals surface area contributed by atoms with Crippen LogP contribution in [0.2, 0.25) is 0 Å². The summed E-state index contributed by atoms with van der Waals surface area (Å²) < 4.78 is 14.1. The van der Waals surface area contributed by atoms with Crippen LogP contribution in [0, 0.1) is 18.7 Å². The Hall–Kier alpha value is -3.28. The zero-order chi connectivity index (χ0) is 19.7. The van der Waals surface area contributed by atoms with Gasteiger partial charge in [-0.05, 0) is 43.2 Å². The van der Waals surface area contributed by atoms with Crippen molar-refractivity contribution in [3.8, 4) is 11.3 Å². The van der Waals surface area contributed by atoms with Crippen LogP contribution in [0.25, 0.3) is 11.3 Å². The van der Waals surface area contributed by atoms with Gasteiger partial charge in [0.15, 0.2) is 0 Å². The van der Waals surface area contributed by atoms with E-state index in [1.807, 2.05) is 18.2 Å². The van der Waals surface area contributed by atoms with Crippen molar-refractivity contribution in [1.29, 1.82) is 0 Å². The molecule has 2 N–H and O–H groups in total. The van der Waals surface area contributed by atoms with Gasteiger partial charge in [-0.3, -0.25) is 4.79 Å². The molecule has 0 amide bonds. The summed E-state index contributed by atoms with van der Waals surface area (Å²) in [5.41, 5.74) is 3.96. The highest BCUT2D eigenvalue weighted by Gasteiger charge is 2.46. The lowest BCUT2D eigenvalue weighted by molar-refractivity contribution is -0.138. The van der Waals surface area contributed by atoms with Gasteiger partial charge in [-0.2, -0.15) is 0 Å². The fourth-order valence-corrected chi connectivity index (χ4v) is 3.31. The van der Waals surface area contributed by atoms with Gasteiger partial charge in [-0.15, -0.1) is 0 Å². The van der Waals surface area contributed by atoms with E-state index in [0.29, 0.717) is 18.7 Å². The number of nitrogens with zero attached hydrogens (tertiary/aromatic N) is 2. The van der Waals surface area contributed by atoms with Gasteiger partial charge in [0, 0.05) is 24.2 Å². The second-order valence-corrected chi connectivity index (χ2v) is 7.13. The molecule has 5 nitrogen and oxygen atoms in total. The molecule has 28 heavy (non-hydrogen) atoms. The van der Waals surface area contributed by atoms with Crippen molar-refractivity contribution in [2.45, 2.75) is 25.8 Å². The molecule has 6 heteroatoms. The van der Waals surface area contributed by atoms with Gasteiger partial charge in [0.1, 0.15) is 11.6 Å². The van der Waals surface area contributed by atoms with Crippen molar-refractivity contribution in [3.63, 3.8) is 0 Å². The highest BCUT2D eigenvalue weighted by Crippen LogP contribution is 2.47. The molecule has 2 unspecified atom stereocenters. The minimum Gasteiger partial charge on any atom is -0.481 e. The Morgan fingerprint density at radius 3 is 2.79 bits per heavy atom. The van der Waals surface area contributed by atoms with E-state index in [-0.39, 0.29) is 11.6 Å². The van der Waals surface area contributed by atoms with Gasteiger partial charge < -0.3 is 10.4 Å². The topological polar surface area (TPSA) is 75.1 Å². The summed E-state index contributed by atoms with van der Waals surface area (Å²) in [5, 5.41) is 12.4. The number of halogens is 1. The first-order valence-electron chi connectivity index (χ1n) is 9.16. The van der Waals surface area contributed by atoms with E-state index in [9.17, 15) is 9.18 Å². The molecule has 3 aromatic rings. The first-order valence-corrected chi connectivity index (χ1v) is 9.16. The number of carboxylic acids is 1. The number of pyridine rings is 2. The first-order chi connectivity index (χ1) is 13.5. The van der Waals surface area contributed by atoms with Gasteiger partial charge in [0.05, 0.1) is 17.3 Å². The highest BCUT2D eigenvalue weighted by molar-refractivity contribution is 5.75. The molecule has 0 saturated heterocycles. The largest absolute Gasteiger partial charge is 0.481 e. The lowest BCUT2D eigenvalue weighted by Gasteiger charge is -2.08. The number of nitrogens with one attached hydrogen (secondary N) is 1. The van der Waals surface area contributed by atoms with E-state index in [4.69, 9.17) is 5.11 Å². The number of aryl methyl sites for hydroxylation is 1. The quantitative estimate of drug-likeness (QED) is 0.666. The standard InChI is InChI=1S/C22H20FN3O2/c1-13-3-2-4-14(9-13)11-24-20-8-5-15(12-25-20)19-7-6-18(23)21(26-19)16-10-17(16)22(27)28/h2-9,12,16-17H,10-11H2,1H3,(H,24,25)(H,27,28). The van der Waals surface area contributed by atoms with Gasteiger partial charge in [0.25, 0.3) is 0 Å². The van der Waals surface area contributed by atoms with Crippen LogP contribution in [0.3, 0.4) is 0 Å². The molecule has 1 aliphatic rings. The van der Waals surface area contributed by atoms with E-state index < -0.39 is 17.7 Å². The lowest BCUT2D eigenvalue weighted by atomic mass is 10.1. The molecule has 2 atom stereocenters. The summed E-state index contributed by atoms with van der Waals surface area (Å²) in [6.45, 7) is 2.73. The fourth-order valence-electron chi connectivity index (χ4n) is 3.31. The van der Waals surface area contributed by atoms with Gasteiger partial charge in [-0.25, -0.2) is 14.4 Å². The number of anilines is 1. The molecule has 1 aromatic carbocycles. The van der Waals surface area contributed by atoms with Crippen LogP contribution in [0.4, 0.5) is 10.2 Å². The van der Waals surface area contributed by atoms with Crippen LogP contribution < -0.4 is 5.32 Å². The summed E-state index contributed by atoms with van der Waals surface area (Å²) in [7, 11) is 0. The molecule has 2 heterocycles. The third-order valence-electron chi connectivity index (χ3n) is 4.95. The molecule has 1 saturated carbocycles. The number of aliphatic carboxylic acids is 1. The molecular weight excluding hydrogens is 357 g/mol. The molecule has 0 spiro atoms. The number of rotatable bonds is 6. The molecule has 0 radical (unpaired) electrons. The molecular formula is C22H20FN3O2. The smallest absolute Gasteiger partial charge is 0.307 e. The Labute approximate surface area is 162 Å². The van der Waals surface area contributed by atoms with Crippen molar-refractivity contribution < 1.29 is 14.3 Å². The molecule has 0 aliphatic heterocycles. The van der Waals surface area contributed by atoms with Crippen molar-refractivity contribution >= 4 is 11.8 Å². The number of benzene rings is 1. The van der Waals surface area contributed by atoms with Gasteiger partial charge in [0.2, 0.25) is 0 Å². The molecule has 142 valence electrons. The number of carbonyl (C=O) groups is 1. The maximum absolute atomic E-state index is 14.1. The number of aromatic nitrogens is 2. The Kier molecular flexibility index (Phi) is 4.77. The van der Waals surface area contributed by atoms with Crippen LogP contribution in [0.5, 0.6) is 0 Å². The number of hydrogen-bond donors (Lipinski definition) is 2. The predicted molar refractivity (Wildman–Crippen MR) is 104 cm³/mol. The zero-order valence-electron chi connectivity index (χ0n) is 15.4. The van der Waals surface area contributed by atoms with Crippen LogP contribution in [0.15, 0.2) is 54.7 Å². The van der Waals surface area contributed by atoms with E-state index in [1.165, 1.54) is 17.2 Å². The Morgan fingerprint density at radius 1 is 1.25 bits per heavy atom. The van der Waals surface area contributed by atoms with E-state index in [2.05, 4.69) is 40.4 Å². The van der Waals surface area contributed by atoms with E-state index in [1.54, 1.807) is 12.3 Å². The molecule has 2 aromatic heterocycles. The summed E-state index contributed by atoms with van der Waals surface area (Å²) in [6.07, 6.45) is 2.12. The SMILES string of the molecule is Cc1cccc(CNc2ccc(-c3ccc(F)c(C4CC4C(=O)O)n3)cn2)c1. The van der Waals surface area contributed by atoms with E-state index in [0.717, 1.165) is 11.4 Å². The Balaban J connectivity index is 1.47. The summed E-state index contributed by atoms with van der Waals surface area (Å²) in [6, 6.07) is 14.9. The number of carboxylic acid groups (broad SMARTS) is 1. The predicted octanol–water partition coefficient (Wildman–Crippen LogP) is 4.39. The van der Waals surface area contributed by atoms with Gasteiger partial charge in [-0.1, -0.05) is 29.8 Å². The minimum atomic E-state index is -0.901. The molecule has 1 aliphatic carbocycles. The van der Waals surface area contributed by atoms with Crippen molar-refractivity contribution in [1.82, 2.24) is 9.97 Å². The lowest BCUT2D eigenvalue weighted by Crippen LogP contribution is -2.03. The number of hydrogen-bond acceptors (Lipinski definition) is 4. The summed E-state index contributed by atoms with van der Waals surface area (Å²) in [4.78, 5) is 19.8. The maximum Gasteiger partial charge on any atom is 0.307 e. The summed E-state index contributed by atoms with van der Waals surface area (Å²) in [5.74, 6) is -1.51. The van der Waals surface area contributed by atoms with Crippen molar-refractivity contribution in [2.24, 2.45) is 5.92 Å². The molecule has 1 fully saturated rings. The monoisotopic (exact) mass is 377 g/mol. The molecule has 0 bridgehead atoms.